The fourth-order valence-corrected chi connectivity index (χ4v) is 4.75. The minimum Gasteiger partial charge on any atom is -0.381 e. The number of fused-ring (bicyclic) bond motifs is 1. The molecule has 2 saturated heterocycles. The highest BCUT2D eigenvalue weighted by atomic mass is 16.5. The maximum absolute atomic E-state index is 5.77. The molecular formula is C18H34N2O. The van der Waals surface area contributed by atoms with Gasteiger partial charge in [-0.1, -0.05) is 26.2 Å². The van der Waals surface area contributed by atoms with Crippen molar-refractivity contribution in [1.29, 1.82) is 0 Å². The summed E-state index contributed by atoms with van der Waals surface area (Å²) >= 11 is 0. The molecule has 122 valence electrons. The molecule has 21 heavy (non-hydrogen) atoms. The lowest BCUT2D eigenvalue weighted by Crippen LogP contribution is -2.50. The highest BCUT2D eigenvalue weighted by Crippen LogP contribution is 2.36. The van der Waals surface area contributed by atoms with Crippen LogP contribution in [0, 0.1) is 17.8 Å². The van der Waals surface area contributed by atoms with Crippen LogP contribution in [0.15, 0.2) is 0 Å². The quantitative estimate of drug-likeness (QED) is 0.844. The van der Waals surface area contributed by atoms with Crippen molar-refractivity contribution in [3.8, 4) is 0 Å². The van der Waals surface area contributed by atoms with Gasteiger partial charge in [0.2, 0.25) is 0 Å². The zero-order valence-corrected chi connectivity index (χ0v) is 13.9. The number of nitrogens with zero attached hydrogens (tertiary/aromatic N) is 1. The Kier molecular flexibility index (Phi) is 5.96. The predicted molar refractivity (Wildman–Crippen MR) is 87.5 cm³/mol. The molecule has 0 aromatic heterocycles. The summed E-state index contributed by atoms with van der Waals surface area (Å²) in [6.07, 6.45) is 9.84. The van der Waals surface area contributed by atoms with Crippen molar-refractivity contribution >= 4 is 0 Å². The van der Waals surface area contributed by atoms with Gasteiger partial charge in [-0.05, 0) is 50.6 Å². The summed E-state index contributed by atoms with van der Waals surface area (Å²) < 4.78 is 5.77. The van der Waals surface area contributed by atoms with E-state index in [9.17, 15) is 0 Å². The Bertz CT molecular complexity index is 310. The van der Waals surface area contributed by atoms with E-state index in [1.54, 1.807) is 0 Å². The standard InChI is InChI=1S/C18H34N2O/c1-2-9-19-18-8-11-21-14-17(18)13-20-10-7-15-5-3-4-6-16(15)12-20/h15-19H,2-14H2,1H3. The van der Waals surface area contributed by atoms with Gasteiger partial charge in [0.15, 0.2) is 0 Å². The Morgan fingerprint density at radius 1 is 1.10 bits per heavy atom. The summed E-state index contributed by atoms with van der Waals surface area (Å²) in [4.78, 5) is 2.76. The van der Waals surface area contributed by atoms with Gasteiger partial charge in [0.1, 0.15) is 0 Å². The van der Waals surface area contributed by atoms with Gasteiger partial charge in [-0.2, -0.15) is 0 Å². The maximum Gasteiger partial charge on any atom is 0.0521 e. The summed E-state index contributed by atoms with van der Waals surface area (Å²) in [5.41, 5.74) is 0. The van der Waals surface area contributed by atoms with E-state index in [0.29, 0.717) is 12.0 Å². The van der Waals surface area contributed by atoms with Crippen molar-refractivity contribution in [2.75, 3.05) is 39.4 Å². The van der Waals surface area contributed by atoms with Crippen LogP contribution >= 0.6 is 0 Å². The summed E-state index contributed by atoms with van der Waals surface area (Å²) in [5.74, 6) is 2.75. The Hall–Kier alpha value is -0.120. The Morgan fingerprint density at radius 2 is 1.95 bits per heavy atom. The summed E-state index contributed by atoms with van der Waals surface area (Å²) in [5, 5.41) is 3.76. The molecule has 3 nitrogen and oxygen atoms in total. The Balaban J connectivity index is 1.49. The van der Waals surface area contributed by atoms with E-state index in [-0.39, 0.29) is 0 Å². The van der Waals surface area contributed by atoms with Crippen LogP contribution in [0.4, 0.5) is 0 Å². The molecule has 3 aliphatic rings. The molecule has 0 bridgehead atoms. The van der Waals surface area contributed by atoms with Crippen molar-refractivity contribution in [2.45, 2.75) is 57.9 Å². The first-order chi connectivity index (χ1) is 10.4. The first-order valence-electron chi connectivity index (χ1n) is 9.40. The second-order valence-corrected chi connectivity index (χ2v) is 7.54. The molecule has 0 aromatic carbocycles. The predicted octanol–water partition coefficient (Wildman–Crippen LogP) is 2.90. The third-order valence-corrected chi connectivity index (χ3v) is 6.00. The molecule has 3 fully saturated rings. The van der Waals surface area contributed by atoms with Gasteiger partial charge in [-0.25, -0.2) is 0 Å². The van der Waals surface area contributed by atoms with E-state index in [4.69, 9.17) is 4.74 Å². The fourth-order valence-electron chi connectivity index (χ4n) is 4.75. The molecule has 1 N–H and O–H groups in total. The highest BCUT2D eigenvalue weighted by Gasteiger charge is 2.33. The fraction of sp³-hybridized carbons (Fsp3) is 1.00. The van der Waals surface area contributed by atoms with Crippen LogP contribution in [0.3, 0.4) is 0 Å². The molecular weight excluding hydrogens is 260 g/mol. The van der Waals surface area contributed by atoms with Gasteiger partial charge in [-0.3, -0.25) is 0 Å². The maximum atomic E-state index is 5.77. The zero-order chi connectivity index (χ0) is 14.5. The van der Waals surface area contributed by atoms with Gasteiger partial charge < -0.3 is 15.0 Å². The average molecular weight is 294 g/mol. The number of rotatable bonds is 5. The molecule has 3 heteroatoms. The molecule has 1 saturated carbocycles. The van der Waals surface area contributed by atoms with Crippen molar-refractivity contribution < 1.29 is 4.74 Å². The molecule has 0 aromatic rings. The van der Waals surface area contributed by atoms with Crippen LogP contribution in [0.5, 0.6) is 0 Å². The van der Waals surface area contributed by atoms with E-state index in [2.05, 4.69) is 17.1 Å². The van der Waals surface area contributed by atoms with Gasteiger partial charge in [0, 0.05) is 31.7 Å². The third-order valence-electron chi connectivity index (χ3n) is 6.00. The highest BCUT2D eigenvalue weighted by molar-refractivity contribution is 4.87. The molecule has 2 aliphatic heterocycles. The zero-order valence-electron chi connectivity index (χ0n) is 13.9. The van der Waals surface area contributed by atoms with Crippen LogP contribution in [0.25, 0.3) is 0 Å². The molecule has 0 spiro atoms. The van der Waals surface area contributed by atoms with Crippen LogP contribution in [0.1, 0.15) is 51.9 Å². The molecule has 4 atom stereocenters. The SMILES string of the molecule is CCCNC1CCOCC1CN1CCC2CCCCC2C1. The van der Waals surface area contributed by atoms with E-state index >= 15 is 0 Å². The van der Waals surface area contributed by atoms with Gasteiger partial charge >= 0.3 is 0 Å². The summed E-state index contributed by atoms with van der Waals surface area (Å²) in [6, 6.07) is 0.683. The minimum atomic E-state index is 0.683. The second-order valence-electron chi connectivity index (χ2n) is 7.54. The van der Waals surface area contributed by atoms with Crippen LogP contribution in [-0.2, 0) is 4.74 Å². The lowest BCUT2D eigenvalue weighted by molar-refractivity contribution is 0.00126. The molecule has 0 amide bonds. The lowest BCUT2D eigenvalue weighted by Gasteiger charge is -2.44. The number of hydrogen-bond acceptors (Lipinski definition) is 3. The largest absolute Gasteiger partial charge is 0.381 e. The Morgan fingerprint density at radius 3 is 2.81 bits per heavy atom. The van der Waals surface area contributed by atoms with Crippen molar-refractivity contribution in [1.82, 2.24) is 10.2 Å². The number of nitrogens with one attached hydrogen (secondary N) is 1. The van der Waals surface area contributed by atoms with Crippen molar-refractivity contribution in [3.63, 3.8) is 0 Å². The van der Waals surface area contributed by atoms with Crippen LogP contribution < -0.4 is 5.32 Å². The Labute approximate surface area is 130 Å². The average Bonchev–Trinajstić information content (AvgIpc) is 2.54. The van der Waals surface area contributed by atoms with Gasteiger partial charge in [0.25, 0.3) is 0 Å². The normalized spacial score (nSPS) is 38.1. The molecule has 4 unspecified atom stereocenters. The number of hydrogen-bond donors (Lipinski definition) is 1. The summed E-state index contributed by atoms with van der Waals surface area (Å²) in [6.45, 7) is 9.28. The van der Waals surface area contributed by atoms with Gasteiger partial charge in [-0.15, -0.1) is 0 Å². The first-order valence-corrected chi connectivity index (χ1v) is 9.40. The van der Waals surface area contributed by atoms with E-state index in [0.717, 1.165) is 31.6 Å². The molecule has 1 aliphatic carbocycles. The van der Waals surface area contributed by atoms with Crippen LogP contribution in [-0.4, -0.2) is 50.3 Å². The lowest BCUT2D eigenvalue weighted by atomic mass is 9.75. The van der Waals surface area contributed by atoms with Crippen LogP contribution in [0.2, 0.25) is 0 Å². The topological polar surface area (TPSA) is 24.5 Å². The number of ether oxygens (including phenoxy) is 1. The summed E-state index contributed by atoms with van der Waals surface area (Å²) in [7, 11) is 0. The molecule has 2 heterocycles. The molecule has 0 radical (unpaired) electrons. The van der Waals surface area contributed by atoms with E-state index < -0.39 is 0 Å². The molecule has 3 rings (SSSR count). The number of piperidine rings is 1. The first kappa shape index (κ1) is 15.8. The van der Waals surface area contributed by atoms with E-state index in [1.807, 2.05) is 0 Å². The number of likely N-dealkylation sites (tertiary alicyclic amines) is 1. The van der Waals surface area contributed by atoms with E-state index in [1.165, 1.54) is 64.6 Å². The second kappa shape index (κ2) is 7.94. The smallest absolute Gasteiger partial charge is 0.0521 e. The monoisotopic (exact) mass is 294 g/mol. The van der Waals surface area contributed by atoms with Crippen molar-refractivity contribution in [3.05, 3.63) is 0 Å². The van der Waals surface area contributed by atoms with Crippen molar-refractivity contribution in [2.24, 2.45) is 17.8 Å². The minimum absolute atomic E-state index is 0.683. The van der Waals surface area contributed by atoms with Gasteiger partial charge in [0.05, 0.1) is 6.61 Å². The third kappa shape index (κ3) is 4.20.